The molecule has 28 heavy (non-hydrogen) atoms. The fraction of sp³-hybridized carbons (Fsp3) is 0.333. The van der Waals surface area contributed by atoms with Crippen LogP contribution in [0.1, 0.15) is 44.7 Å². The molecule has 1 aromatic heterocycles. The quantitative estimate of drug-likeness (QED) is 0.651. The minimum absolute atomic E-state index is 0. The van der Waals surface area contributed by atoms with Gasteiger partial charge in [-0.05, 0) is 66.9 Å². The molecule has 2 aliphatic rings. The van der Waals surface area contributed by atoms with Crippen LogP contribution in [0.3, 0.4) is 0 Å². The van der Waals surface area contributed by atoms with E-state index in [0.717, 1.165) is 38.8 Å². The Morgan fingerprint density at radius 1 is 1.07 bits per heavy atom. The van der Waals surface area contributed by atoms with Crippen molar-refractivity contribution in [1.82, 2.24) is 10.6 Å². The van der Waals surface area contributed by atoms with Gasteiger partial charge in [0.2, 0.25) is 0 Å². The smallest absolute Gasteiger partial charge is 0.256 e. The van der Waals surface area contributed by atoms with Gasteiger partial charge in [-0.3, -0.25) is 9.59 Å². The molecule has 0 saturated heterocycles. The Morgan fingerprint density at radius 3 is 2.75 bits per heavy atom. The Balaban J connectivity index is 0.00000225. The van der Waals surface area contributed by atoms with Gasteiger partial charge >= 0.3 is 0 Å². The number of hydrogen-bond donors (Lipinski definition) is 3. The van der Waals surface area contributed by atoms with Crippen molar-refractivity contribution < 1.29 is 9.59 Å². The summed E-state index contributed by atoms with van der Waals surface area (Å²) in [6.07, 6.45) is 6.36. The molecule has 5 nitrogen and oxygen atoms in total. The Labute approximate surface area is 175 Å². The average Bonchev–Trinajstić information content (AvgIpc) is 3.35. The Bertz CT molecular complexity index is 907. The number of nitrogens with one attached hydrogen (secondary N) is 3. The number of anilines is 1. The first-order valence-corrected chi connectivity index (χ1v) is 10.3. The molecule has 0 fully saturated rings. The van der Waals surface area contributed by atoms with Gasteiger partial charge in [0.25, 0.3) is 11.8 Å². The lowest BCUT2D eigenvalue weighted by atomic mass is 10.1. The highest BCUT2D eigenvalue weighted by Crippen LogP contribution is 2.26. The van der Waals surface area contributed by atoms with Gasteiger partial charge in [-0.2, -0.15) is 0 Å². The first kappa shape index (κ1) is 20.6. The zero-order chi connectivity index (χ0) is 18.6. The van der Waals surface area contributed by atoms with E-state index < -0.39 is 0 Å². The maximum atomic E-state index is 12.6. The van der Waals surface area contributed by atoms with Crippen molar-refractivity contribution in [2.45, 2.75) is 25.7 Å². The van der Waals surface area contributed by atoms with Crippen molar-refractivity contribution in [3.8, 4) is 0 Å². The van der Waals surface area contributed by atoms with Gasteiger partial charge in [0, 0.05) is 18.7 Å². The number of rotatable bonds is 5. The second-order valence-corrected chi connectivity index (χ2v) is 7.87. The normalized spacial score (nSPS) is 15.2. The molecular formula is C21H24ClN3O2S. The summed E-state index contributed by atoms with van der Waals surface area (Å²) in [6, 6.07) is 7.66. The molecule has 0 atom stereocenters. The molecule has 3 N–H and O–H groups in total. The van der Waals surface area contributed by atoms with Crippen LogP contribution in [0.15, 0.2) is 41.3 Å². The summed E-state index contributed by atoms with van der Waals surface area (Å²) >= 11 is 1.37. The second-order valence-electron chi connectivity index (χ2n) is 6.95. The van der Waals surface area contributed by atoms with E-state index in [0.29, 0.717) is 22.7 Å². The lowest BCUT2D eigenvalue weighted by molar-refractivity contribution is 0.0958. The number of amides is 2. The number of thiophene rings is 1. The van der Waals surface area contributed by atoms with Gasteiger partial charge in [0.1, 0.15) is 5.00 Å². The monoisotopic (exact) mass is 417 g/mol. The van der Waals surface area contributed by atoms with Crippen LogP contribution >= 0.6 is 23.7 Å². The third kappa shape index (κ3) is 4.63. The van der Waals surface area contributed by atoms with Crippen molar-refractivity contribution in [3.63, 3.8) is 0 Å². The topological polar surface area (TPSA) is 70.2 Å². The van der Waals surface area contributed by atoms with Gasteiger partial charge in [0.15, 0.2) is 0 Å². The molecule has 2 aromatic rings. The first-order chi connectivity index (χ1) is 13.2. The van der Waals surface area contributed by atoms with Crippen LogP contribution in [0.4, 0.5) is 5.00 Å². The number of halogens is 1. The second kappa shape index (κ2) is 9.37. The molecule has 2 heterocycles. The average molecular weight is 418 g/mol. The number of fused-ring (bicyclic) bond motifs is 1. The van der Waals surface area contributed by atoms with Crippen LogP contribution < -0.4 is 16.0 Å². The molecule has 4 rings (SSSR count). The summed E-state index contributed by atoms with van der Waals surface area (Å²) < 4.78 is 0. The molecule has 0 spiro atoms. The molecule has 1 aliphatic heterocycles. The van der Waals surface area contributed by atoms with E-state index in [2.05, 4.69) is 22.0 Å². The van der Waals surface area contributed by atoms with E-state index >= 15 is 0 Å². The maximum absolute atomic E-state index is 12.6. The fourth-order valence-electron chi connectivity index (χ4n) is 3.59. The minimum Gasteiger partial charge on any atom is -0.348 e. The Hall–Kier alpha value is -2.15. The summed E-state index contributed by atoms with van der Waals surface area (Å²) in [6.45, 7) is 2.35. The van der Waals surface area contributed by atoms with E-state index in [-0.39, 0.29) is 24.2 Å². The van der Waals surface area contributed by atoms with Crippen LogP contribution in [-0.4, -0.2) is 31.4 Å². The largest absolute Gasteiger partial charge is 0.348 e. The predicted molar refractivity (Wildman–Crippen MR) is 116 cm³/mol. The van der Waals surface area contributed by atoms with Crippen LogP contribution in [0.25, 0.3) is 0 Å². The standard InChI is InChI=1S/C21H23N3O2S.ClH/c25-19(17-5-4-15-2-1-3-16(15)12-17)24-21-18(8-11-27-21)20(26)23-13-14-6-9-22-10-7-14;/h4-6,8,11-12,22H,1-3,7,9-10,13H2,(H,23,26)(H,24,25);1H. The van der Waals surface area contributed by atoms with Crippen LogP contribution in [0, 0.1) is 0 Å². The van der Waals surface area contributed by atoms with Crippen molar-refractivity contribution in [2.24, 2.45) is 0 Å². The molecule has 1 aromatic carbocycles. The molecule has 2 amide bonds. The maximum Gasteiger partial charge on any atom is 0.256 e. The zero-order valence-electron chi connectivity index (χ0n) is 15.5. The van der Waals surface area contributed by atoms with Gasteiger partial charge < -0.3 is 16.0 Å². The number of carbonyl (C=O) groups excluding carboxylic acids is 2. The molecule has 0 unspecified atom stereocenters. The van der Waals surface area contributed by atoms with Crippen molar-refractivity contribution in [1.29, 1.82) is 0 Å². The molecule has 148 valence electrons. The van der Waals surface area contributed by atoms with Crippen LogP contribution in [-0.2, 0) is 12.8 Å². The summed E-state index contributed by atoms with van der Waals surface area (Å²) in [5, 5.41) is 11.6. The minimum atomic E-state index is -0.165. The molecular weight excluding hydrogens is 394 g/mol. The first-order valence-electron chi connectivity index (χ1n) is 9.38. The highest BCUT2D eigenvalue weighted by atomic mass is 35.5. The lowest BCUT2D eigenvalue weighted by Crippen LogP contribution is -2.30. The molecule has 0 radical (unpaired) electrons. The Morgan fingerprint density at radius 2 is 1.93 bits per heavy atom. The van der Waals surface area contributed by atoms with Crippen LogP contribution in [0.2, 0.25) is 0 Å². The van der Waals surface area contributed by atoms with E-state index in [4.69, 9.17) is 0 Å². The van der Waals surface area contributed by atoms with E-state index in [1.807, 2.05) is 23.6 Å². The van der Waals surface area contributed by atoms with Gasteiger partial charge in [0.05, 0.1) is 5.56 Å². The Kier molecular flexibility index (Phi) is 6.88. The fourth-order valence-corrected chi connectivity index (χ4v) is 4.37. The van der Waals surface area contributed by atoms with Gasteiger partial charge in [-0.25, -0.2) is 0 Å². The van der Waals surface area contributed by atoms with Crippen molar-refractivity contribution in [2.75, 3.05) is 25.0 Å². The predicted octanol–water partition coefficient (Wildman–Crippen LogP) is 3.56. The van der Waals surface area contributed by atoms with E-state index in [9.17, 15) is 9.59 Å². The number of hydrogen-bond acceptors (Lipinski definition) is 4. The van der Waals surface area contributed by atoms with Crippen molar-refractivity contribution in [3.05, 3.63) is 63.5 Å². The molecule has 0 bridgehead atoms. The summed E-state index contributed by atoms with van der Waals surface area (Å²) in [5.41, 5.74) is 5.01. The van der Waals surface area contributed by atoms with Gasteiger partial charge in [-0.15, -0.1) is 23.7 Å². The van der Waals surface area contributed by atoms with Crippen LogP contribution in [0.5, 0.6) is 0 Å². The molecule has 0 saturated carbocycles. The molecule has 1 aliphatic carbocycles. The molecule has 7 heteroatoms. The zero-order valence-corrected chi connectivity index (χ0v) is 17.2. The summed E-state index contributed by atoms with van der Waals surface area (Å²) in [5.74, 6) is -0.317. The van der Waals surface area contributed by atoms with Crippen molar-refractivity contribution >= 4 is 40.6 Å². The highest BCUT2D eigenvalue weighted by Gasteiger charge is 2.18. The van der Waals surface area contributed by atoms with Gasteiger partial charge in [-0.1, -0.05) is 17.7 Å². The highest BCUT2D eigenvalue weighted by molar-refractivity contribution is 7.14. The third-order valence-electron chi connectivity index (χ3n) is 5.13. The number of carbonyl (C=O) groups is 2. The summed E-state index contributed by atoms with van der Waals surface area (Å²) in [4.78, 5) is 25.2. The van der Waals surface area contributed by atoms with E-state index in [1.165, 1.54) is 28.0 Å². The third-order valence-corrected chi connectivity index (χ3v) is 5.96. The van der Waals surface area contributed by atoms with E-state index in [1.54, 1.807) is 6.07 Å². The number of aryl methyl sites for hydroxylation is 2. The number of benzene rings is 1. The SMILES string of the molecule is Cl.O=C(Nc1sccc1C(=O)NCC1=CCNCC1)c1ccc2c(c1)CCC2. The summed E-state index contributed by atoms with van der Waals surface area (Å²) in [7, 11) is 0. The lowest BCUT2D eigenvalue weighted by Gasteiger charge is -2.14.